The first-order chi connectivity index (χ1) is 14.3. The van der Waals surface area contributed by atoms with Gasteiger partial charge in [0.1, 0.15) is 10.9 Å². The summed E-state index contributed by atoms with van der Waals surface area (Å²) in [7, 11) is -4.18. The van der Waals surface area contributed by atoms with Gasteiger partial charge in [-0.2, -0.15) is 0 Å². The van der Waals surface area contributed by atoms with E-state index in [9.17, 15) is 18.3 Å². The summed E-state index contributed by atoms with van der Waals surface area (Å²) in [6.45, 7) is 1.91. The number of carbonyl (C=O) groups is 1. The van der Waals surface area contributed by atoms with E-state index in [1.165, 1.54) is 29.2 Å². The molecule has 3 aromatic rings. The number of rotatable bonds is 4. The average Bonchev–Trinajstić information content (AvgIpc) is 3.01. The van der Waals surface area contributed by atoms with Gasteiger partial charge in [-0.3, -0.25) is 9.69 Å². The van der Waals surface area contributed by atoms with Crippen LogP contribution in [0.15, 0.2) is 94.4 Å². The first kappa shape index (κ1) is 20.2. The summed E-state index contributed by atoms with van der Waals surface area (Å²) in [6, 6.07) is 20.5. The number of sulfone groups is 1. The Bertz CT molecular complexity index is 1230. The third-order valence-corrected chi connectivity index (χ3v) is 7.14. The summed E-state index contributed by atoms with van der Waals surface area (Å²) < 4.78 is 27.0. The average molecular weight is 440 g/mol. The summed E-state index contributed by atoms with van der Waals surface area (Å²) in [6.07, 6.45) is 0. The lowest BCUT2D eigenvalue weighted by atomic mass is 10.0. The fourth-order valence-electron chi connectivity index (χ4n) is 3.50. The lowest BCUT2D eigenvalue weighted by molar-refractivity contribution is -0.117. The first-order valence-electron chi connectivity index (χ1n) is 9.19. The maximum absolute atomic E-state index is 13.5. The number of benzene rings is 3. The van der Waals surface area contributed by atoms with Gasteiger partial charge in [-0.1, -0.05) is 59.6 Å². The highest BCUT2D eigenvalue weighted by Gasteiger charge is 2.47. The Morgan fingerprint density at radius 2 is 1.50 bits per heavy atom. The van der Waals surface area contributed by atoms with Gasteiger partial charge in [0, 0.05) is 10.7 Å². The number of amides is 1. The maximum Gasteiger partial charge on any atom is 0.295 e. The molecule has 1 heterocycles. The van der Waals surface area contributed by atoms with Crippen LogP contribution in [-0.2, 0) is 14.6 Å². The van der Waals surface area contributed by atoms with Crippen LogP contribution in [0.3, 0.4) is 0 Å². The Morgan fingerprint density at radius 1 is 0.900 bits per heavy atom. The van der Waals surface area contributed by atoms with Crippen molar-refractivity contribution in [1.29, 1.82) is 0 Å². The zero-order valence-electron chi connectivity index (χ0n) is 16.0. The molecular weight excluding hydrogens is 422 g/mol. The summed E-state index contributed by atoms with van der Waals surface area (Å²) in [5, 5.41) is 11.1. The molecule has 0 fully saturated rings. The number of aryl methyl sites for hydroxylation is 1. The van der Waals surface area contributed by atoms with Crippen LogP contribution in [0, 0.1) is 6.92 Å². The van der Waals surface area contributed by atoms with E-state index in [4.69, 9.17) is 11.6 Å². The number of carbonyl (C=O) groups excluding carboxylic acids is 1. The Morgan fingerprint density at radius 3 is 2.10 bits per heavy atom. The van der Waals surface area contributed by atoms with Gasteiger partial charge in [0.05, 0.1) is 4.90 Å². The molecular formula is C23H18ClNO4S. The van der Waals surface area contributed by atoms with Crippen molar-refractivity contribution in [2.45, 2.75) is 17.9 Å². The Labute approximate surface area is 179 Å². The zero-order chi connectivity index (χ0) is 21.5. The SMILES string of the molecule is Cc1ccc(C2C(S(=O)(=O)c3ccc(Cl)cc3)=C(O)C(=O)N2c2ccccc2)cc1. The van der Waals surface area contributed by atoms with Crippen molar-refractivity contribution >= 4 is 33.0 Å². The third kappa shape index (κ3) is 3.38. The highest BCUT2D eigenvalue weighted by molar-refractivity contribution is 7.95. The minimum absolute atomic E-state index is 0.0479. The van der Waals surface area contributed by atoms with E-state index in [0.29, 0.717) is 16.3 Å². The lowest BCUT2D eigenvalue weighted by Gasteiger charge is -2.27. The monoisotopic (exact) mass is 439 g/mol. The Balaban J connectivity index is 1.94. The molecule has 1 unspecified atom stereocenters. The van der Waals surface area contributed by atoms with Crippen LogP contribution in [0.2, 0.25) is 5.02 Å². The smallest absolute Gasteiger partial charge is 0.295 e. The third-order valence-electron chi connectivity index (χ3n) is 5.00. The number of anilines is 1. The molecule has 4 rings (SSSR count). The second-order valence-corrected chi connectivity index (χ2v) is 9.35. The van der Waals surface area contributed by atoms with Crippen LogP contribution in [0.5, 0.6) is 0 Å². The Hall–Kier alpha value is -3.09. The standard InChI is InChI=1S/C23H18ClNO4S/c1-15-7-9-16(10-8-15)20-22(30(28,29)19-13-11-17(24)12-14-19)21(26)23(27)25(20)18-5-3-2-4-6-18/h2-14,20,26H,1H3. The molecule has 1 amide bonds. The van der Waals surface area contributed by atoms with Crippen LogP contribution in [0.4, 0.5) is 5.69 Å². The number of nitrogens with zero attached hydrogens (tertiary/aromatic N) is 1. The fraction of sp³-hybridized carbons (Fsp3) is 0.0870. The van der Waals surface area contributed by atoms with Crippen molar-refractivity contribution in [2.24, 2.45) is 0 Å². The van der Waals surface area contributed by atoms with Crippen LogP contribution >= 0.6 is 11.6 Å². The van der Waals surface area contributed by atoms with E-state index in [-0.39, 0.29) is 9.80 Å². The molecule has 0 aliphatic carbocycles. The first-order valence-corrected chi connectivity index (χ1v) is 11.1. The molecule has 1 atom stereocenters. The van der Waals surface area contributed by atoms with Crippen molar-refractivity contribution in [3.8, 4) is 0 Å². The van der Waals surface area contributed by atoms with Gasteiger partial charge >= 0.3 is 0 Å². The van der Waals surface area contributed by atoms with Crippen molar-refractivity contribution < 1.29 is 18.3 Å². The normalized spacial score (nSPS) is 16.9. The predicted molar refractivity (Wildman–Crippen MR) is 116 cm³/mol. The number of aliphatic hydroxyl groups excluding tert-OH is 1. The molecule has 152 valence electrons. The number of halogens is 1. The molecule has 0 radical (unpaired) electrons. The maximum atomic E-state index is 13.5. The second kappa shape index (κ2) is 7.63. The van der Waals surface area contributed by atoms with Gasteiger partial charge in [0.25, 0.3) is 5.91 Å². The molecule has 30 heavy (non-hydrogen) atoms. The molecule has 1 N–H and O–H groups in total. The van der Waals surface area contributed by atoms with Crippen molar-refractivity contribution in [3.05, 3.63) is 106 Å². The molecule has 0 saturated heterocycles. The molecule has 5 nitrogen and oxygen atoms in total. The molecule has 7 heteroatoms. The minimum Gasteiger partial charge on any atom is -0.502 e. The highest BCUT2D eigenvalue weighted by Crippen LogP contribution is 2.44. The summed E-state index contributed by atoms with van der Waals surface area (Å²) in [5.74, 6) is -1.54. The largest absolute Gasteiger partial charge is 0.502 e. The van der Waals surface area contributed by atoms with Gasteiger partial charge in [0.15, 0.2) is 5.76 Å². The zero-order valence-corrected chi connectivity index (χ0v) is 17.6. The van der Waals surface area contributed by atoms with E-state index < -0.39 is 27.5 Å². The van der Waals surface area contributed by atoms with Gasteiger partial charge in [0.2, 0.25) is 9.84 Å². The van der Waals surface area contributed by atoms with Crippen LogP contribution in [-0.4, -0.2) is 19.4 Å². The number of hydrogen-bond donors (Lipinski definition) is 1. The topological polar surface area (TPSA) is 74.7 Å². The van der Waals surface area contributed by atoms with Gasteiger partial charge in [-0.05, 0) is 48.9 Å². The minimum atomic E-state index is -4.18. The molecule has 1 aliphatic heterocycles. The Kier molecular flexibility index (Phi) is 5.13. The second-order valence-electron chi connectivity index (χ2n) is 6.99. The number of para-hydroxylation sites is 1. The van der Waals surface area contributed by atoms with Crippen LogP contribution in [0.25, 0.3) is 0 Å². The number of aliphatic hydroxyl groups is 1. The van der Waals surface area contributed by atoms with Crippen molar-refractivity contribution in [3.63, 3.8) is 0 Å². The molecule has 3 aromatic carbocycles. The van der Waals surface area contributed by atoms with E-state index in [0.717, 1.165) is 5.56 Å². The van der Waals surface area contributed by atoms with Gasteiger partial charge < -0.3 is 5.11 Å². The highest BCUT2D eigenvalue weighted by atomic mass is 35.5. The quantitative estimate of drug-likeness (QED) is 0.622. The number of hydrogen-bond acceptors (Lipinski definition) is 4. The predicted octanol–water partition coefficient (Wildman–Crippen LogP) is 4.98. The lowest BCUT2D eigenvalue weighted by Crippen LogP contribution is -2.31. The van der Waals surface area contributed by atoms with Crippen molar-refractivity contribution in [1.82, 2.24) is 0 Å². The summed E-state index contributed by atoms with van der Waals surface area (Å²) in [4.78, 5) is 13.9. The molecule has 1 aliphatic rings. The summed E-state index contributed by atoms with van der Waals surface area (Å²) >= 11 is 5.90. The van der Waals surface area contributed by atoms with E-state index in [1.54, 1.807) is 42.5 Å². The fourth-order valence-corrected chi connectivity index (χ4v) is 5.25. The van der Waals surface area contributed by atoms with E-state index in [1.807, 2.05) is 19.1 Å². The van der Waals surface area contributed by atoms with Gasteiger partial charge in [-0.25, -0.2) is 8.42 Å². The van der Waals surface area contributed by atoms with E-state index in [2.05, 4.69) is 0 Å². The van der Waals surface area contributed by atoms with Crippen LogP contribution < -0.4 is 4.90 Å². The van der Waals surface area contributed by atoms with E-state index >= 15 is 0 Å². The van der Waals surface area contributed by atoms with Crippen LogP contribution in [0.1, 0.15) is 17.2 Å². The van der Waals surface area contributed by atoms with Gasteiger partial charge in [-0.15, -0.1) is 0 Å². The molecule has 0 spiro atoms. The molecule has 0 saturated carbocycles. The molecule has 0 aromatic heterocycles. The summed E-state index contributed by atoms with van der Waals surface area (Å²) in [5.41, 5.74) is 2.06. The molecule has 0 bridgehead atoms. The van der Waals surface area contributed by atoms with Crippen molar-refractivity contribution in [2.75, 3.05) is 4.90 Å².